The average Bonchev–Trinajstić information content (AvgIpc) is 2.33. The van der Waals surface area contributed by atoms with Gasteiger partial charge in [-0.1, -0.05) is 0 Å². The van der Waals surface area contributed by atoms with Crippen LogP contribution in [0.1, 0.15) is 13.3 Å². The van der Waals surface area contributed by atoms with Crippen LogP contribution in [0.3, 0.4) is 0 Å². The number of hydrogen-bond donors (Lipinski definition) is 0. The first-order valence-corrected chi connectivity index (χ1v) is 10.8. The molecular formula is C10H10Cl2F12Si. The smallest absolute Gasteiger partial charge is 0.200 e. The fourth-order valence-electron chi connectivity index (χ4n) is 1.43. The van der Waals surface area contributed by atoms with Crippen LogP contribution < -0.4 is 0 Å². The molecule has 0 aromatic rings. The molecule has 0 atom stereocenters. The fraction of sp³-hybridized carbons (Fsp3) is 1.00. The third kappa shape index (κ3) is 4.28. The zero-order valence-electron chi connectivity index (χ0n) is 12.2. The summed E-state index contributed by atoms with van der Waals surface area (Å²) in [6.45, 7) is -3.63. The lowest BCUT2D eigenvalue weighted by atomic mass is 9.91. The van der Waals surface area contributed by atoms with Crippen LogP contribution in [-0.4, -0.2) is 42.2 Å². The van der Waals surface area contributed by atoms with Crippen LogP contribution in [0.4, 0.5) is 52.7 Å². The van der Waals surface area contributed by atoms with E-state index in [1.807, 2.05) is 0 Å². The molecular weight excluding hydrogens is 447 g/mol. The lowest BCUT2D eigenvalue weighted by Crippen LogP contribution is -2.70. The van der Waals surface area contributed by atoms with Crippen molar-refractivity contribution in [3.05, 3.63) is 0 Å². The summed E-state index contributed by atoms with van der Waals surface area (Å²) in [4.78, 5) is 0. The van der Waals surface area contributed by atoms with Crippen molar-refractivity contribution in [2.45, 2.75) is 61.5 Å². The SMILES string of the molecule is CC(F)(F)C(F)(F)C(F)(F)C(F)(F)C(F)(F)C(F)(F)CC[Si](C)(Cl)Cl. The highest BCUT2D eigenvalue weighted by atomic mass is 35.7. The van der Waals surface area contributed by atoms with Crippen LogP contribution in [0.2, 0.25) is 12.6 Å². The second-order valence-corrected chi connectivity index (χ2v) is 13.7. The number of hydrogen-bond acceptors (Lipinski definition) is 0. The topological polar surface area (TPSA) is 0 Å². The Kier molecular flexibility index (Phi) is 6.52. The third-order valence-electron chi connectivity index (χ3n) is 3.07. The number of halogens is 14. The second kappa shape index (κ2) is 6.53. The van der Waals surface area contributed by atoms with Crippen LogP contribution in [0.15, 0.2) is 0 Å². The van der Waals surface area contributed by atoms with E-state index < -0.39 is 61.6 Å². The molecule has 0 radical (unpaired) electrons. The molecule has 0 nitrogen and oxygen atoms in total. The van der Waals surface area contributed by atoms with E-state index in [0.29, 0.717) is 0 Å². The van der Waals surface area contributed by atoms with Gasteiger partial charge in [0.25, 0.3) is 0 Å². The van der Waals surface area contributed by atoms with Gasteiger partial charge in [0.1, 0.15) is 0 Å². The van der Waals surface area contributed by atoms with Gasteiger partial charge in [-0.2, -0.15) is 52.7 Å². The van der Waals surface area contributed by atoms with Gasteiger partial charge in [0.15, 0.2) is 0 Å². The Morgan fingerprint density at radius 3 is 1.24 bits per heavy atom. The molecule has 0 bridgehead atoms. The van der Waals surface area contributed by atoms with Crippen LogP contribution in [0.25, 0.3) is 0 Å². The Bertz CT molecular complexity index is 479. The fourth-order valence-corrected chi connectivity index (χ4v) is 2.75. The molecule has 0 unspecified atom stereocenters. The summed E-state index contributed by atoms with van der Waals surface area (Å²) < 4.78 is 157. The van der Waals surface area contributed by atoms with Crippen molar-refractivity contribution in [2.24, 2.45) is 0 Å². The summed E-state index contributed by atoms with van der Waals surface area (Å²) >= 11 is 10.6. The van der Waals surface area contributed by atoms with Crippen LogP contribution in [0, 0.1) is 0 Å². The summed E-state index contributed by atoms with van der Waals surface area (Å²) in [5.41, 5.74) is 0. The number of rotatable bonds is 8. The average molecular weight is 457 g/mol. The van der Waals surface area contributed by atoms with Gasteiger partial charge in [0, 0.05) is 13.3 Å². The second-order valence-electron chi connectivity index (χ2n) is 5.46. The van der Waals surface area contributed by atoms with Crippen molar-refractivity contribution in [1.29, 1.82) is 0 Å². The van der Waals surface area contributed by atoms with Gasteiger partial charge in [0.2, 0.25) is 6.69 Å². The van der Waals surface area contributed by atoms with E-state index in [2.05, 4.69) is 0 Å². The lowest BCUT2D eigenvalue weighted by Gasteiger charge is -2.40. The predicted molar refractivity (Wildman–Crippen MR) is 68.1 cm³/mol. The molecule has 0 aliphatic carbocycles. The molecule has 0 rings (SSSR count). The molecule has 0 aliphatic heterocycles. The molecule has 152 valence electrons. The van der Waals surface area contributed by atoms with Gasteiger partial charge in [-0.15, -0.1) is 22.2 Å². The molecule has 0 saturated heterocycles. The molecule has 25 heavy (non-hydrogen) atoms. The zero-order chi connectivity index (χ0) is 20.9. The Morgan fingerprint density at radius 1 is 0.640 bits per heavy atom. The van der Waals surface area contributed by atoms with Crippen LogP contribution >= 0.6 is 22.2 Å². The van der Waals surface area contributed by atoms with E-state index >= 15 is 0 Å². The highest BCUT2D eigenvalue weighted by Gasteiger charge is 2.89. The van der Waals surface area contributed by atoms with Gasteiger partial charge < -0.3 is 0 Å². The Balaban J connectivity index is 6.03. The van der Waals surface area contributed by atoms with Gasteiger partial charge in [-0.3, -0.25) is 0 Å². The number of alkyl halides is 12. The molecule has 0 saturated carbocycles. The van der Waals surface area contributed by atoms with Crippen molar-refractivity contribution in [3.8, 4) is 0 Å². The minimum Gasteiger partial charge on any atom is -0.200 e. The first-order chi connectivity index (χ1) is 10.5. The van der Waals surface area contributed by atoms with Gasteiger partial charge in [-0.05, 0) is 12.6 Å². The lowest BCUT2D eigenvalue weighted by molar-refractivity contribution is -0.423. The largest absolute Gasteiger partial charge is 0.384 e. The van der Waals surface area contributed by atoms with Crippen molar-refractivity contribution >= 4 is 28.9 Å². The maximum Gasteiger partial charge on any atom is 0.384 e. The highest BCUT2D eigenvalue weighted by molar-refractivity contribution is 7.44. The standard InChI is InChI=1S/C10H10Cl2F12Si/c1-5(13,14)7(17,18)9(21,22)10(23,24)8(19,20)6(15,16)3-4-25(2,11)12/h3-4H2,1-2H3. The van der Waals surface area contributed by atoms with Gasteiger partial charge >= 0.3 is 35.5 Å². The molecule has 0 aromatic heterocycles. The normalized spacial score (nSPS) is 16.3. The summed E-state index contributed by atoms with van der Waals surface area (Å²) in [7, 11) is 0. The molecule has 15 heteroatoms. The van der Waals surface area contributed by atoms with E-state index in [1.165, 1.54) is 0 Å². The Hall–Kier alpha value is -0.0431. The quantitative estimate of drug-likeness (QED) is 0.215. The summed E-state index contributed by atoms with van der Waals surface area (Å²) in [5.74, 6) is -41.1. The first-order valence-electron chi connectivity index (χ1n) is 6.10. The first kappa shape index (κ1) is 25.0. The van der Waals surface area contributed by atoms with Gasteiger partial charge in [0.05, 0.1) is 0 Å². The van der Waals surface area contributed by atoms with E-state index in [1.54, 1.807) is 0 Å². The predicted octanol–water partition coefficient (Wildman–Crippen LogP) is 6.76. The summed E-state index contributed by atoms with van der Waals surface area (Å²) in [6.07, 6.45) is -2.25. The van der Waals surface area contributed by atoms with Crippen molar-refractivity contribution in [3.63, 3.8) is 0 Å². The Morgan fingerprint density at radius 2 is 0.960 bits per heavy atom. The minimum absolute atomic E-state index is 0.906. The van der Waals surface area contributed by atoms with E-state index in [0.717, 1.165) is 6.55 Å². The third-order valence-corrected chi connectivity index (χ3v) is 5.33. The maximum absolute atomic E-state index is 13.4. The molecule has 0 aromatic carbocycles. The van der Waals surface area contributed by atoms with Gasteiger partial charge in [-0.25, -0.2) is 0 Å². The van der Waals surface area contributed by atoms with Crippen LogP contribution in [0.5, 0.6) is 0 Å². The summed E-state index contributed by atoms with van der Waals surface area (Å²) in [6, 6.07) is -1.19. The van der Waals surface area contributed by atoms with E-state index in [-0.39, 0.29) is 0 Å². The highest BCUT2D eigenvalue weighted by Crippen LogP contribution is 2.60. The molecule has 0 spiro atoms. The molecule has 0 heterocycles. The van der Waals surface area contributed by atoms with E-state index in [9.17, 15) is 52.7 Å². The van der Waals surface area contributed by atoms with E-state index in [4.69, 9.17) is 22.2 Å². The van der Waals surface area contributed by atoms with Crippen molar-refractivity contribution in [2.75, 3.05) is 0 Å². The zero-order valence-corrected chi connectivity index (χ0v) is 14.7. The van der Waals surface area contributed by atoms with Crippen LogP contribution in [-0.2, 0) is 0 Å². The Labute approximate surface area is 143 Å². The molecule has 0 N–H and O–H groups in total. The minimum atomic E-state index is -7.52. The molecule has 0 fully saturated rings. The van der Waals surface area contributed by atoms with Crippen molar-refractivity contribution in [1.82, 2.24) is 0 Å². The maximum atomic E-state index is 13.4. The summed E-state index contributed by atoms with van der Waals surface area (Å²) in [5, 5.41) is 0. The molecule has 0 aliphatic rings. The monoisotopic (exact) mass is 456 g/mol. The molecule has 0 amide bonds. The van der Waals surface area contributed by atoms with Crippen molar-refractivity contribution < 1.29 is 52.7 Å².